The second-order valence-electron chi connectivity index (χ2n) is 5.81. The zero-order valence-electron chi connectivity index (χ0n) is 11.8. The number of aryl methyl sites for hydroxylation is 1. The van der Waals surface area contributed by atoms with Crippen LogP contribution in [0.15, 0.2) is 35.7 Å². The van der Waals surface area contributed by atoms with Crippen molar-refractivity contribution in [3.05, 3.63) is 51.7 Å². The molecule has 4 heteroatoms. The van der Waals surface area contributed by atoms with Gasteiger partial charge in [-0.05, 0) is 47.9 Å². The standard InChI is InChI=1S/C17H18N2OS/c20-17(15-10-11-4-1-2-5-13(11)18-15)19-14-6-3-7-16-12(14)8-9-21-16/h1-2,4-5,8-9,14-15,18H,3,6-7,10H2,(H,19,20)/t14?,15-/m0/s1. The maximum absolute atomic E-state index is 12.5. The van der Waals surface area contributed by atoms with Gasteiger partial charge in [-0.15, -0.1) is 11.3 Å². The van der Waals surface area contributed by atoms with E-state index in [1.807, 2.05) is 29.5 Å². The van der Waals surface area contributed by atoms with Crippen molar-refractivity contribution in [3.8, 4) is 0 Å². The minimum atomic E-state index is -0.133. The van der Waals surface area contributed by atoms with Gasteiger partial charge in [0.05, 0.1) is 6.04 Å². The van der Waals surface area contributed by atoms with Crippen LogP contribution >= 0.6 is 11.3 Å². The molecule has 0 saturated heterocycles. The van der Waals surface area contributed by atoms with E-state index < -0.39 is 0 Å². The van der Waals surface area contributed by atoms with Crippen LogP contribution in [0, 0.1) is 0 Å². The van der Waals surface area contributed by atoms with E-state index in [1.165, 1.54) is 16.0 Å². The van der Waals surface area contributed by atoms with Crippen LogP contribution in [-0.4, -0.2) is 11.9 Å². The molecule has 4 rings (SSSR count). The van der Waals surface area contributed by atoms with E-state index in [9.17, 15) is 4.79 Å². The quantitative estimate of drug-likeness (QED) is 0.893. The highest BCUT2D eigenvalue weighted by atomic mass is 32.1. The van der Waals surface area contributed by atoms with E-state index in [0.717, 1.165) is 31.4 Å². The number of benzene rings is 1. The first kappa shape index (κ1) is 12.9. The van der Waals surface area contributed by atoms with E-state index in [4.69, 9.17) is 0 Å². The molecule has 0 fully saturated rings. The zero-order chi connectivity index (χ0) is 14.2. The molecule has 2 atom stereocenters. The van der Waals surface area contributed by atoms with Crippen LogP contribution in [0.25, 0.3) is 0 Å². The number of hydrogen-bond donors (Lipinski definition) is 2. The number of para-hydroxylation sites is 1. The highest BCUT2D eigenvalue weighted by molar-refractivity contribution is 7.10. The molecule has 2 heterocycles. The third kappa shape index (κ3) is 2.33. The lowest BCUT2D eigenvalue weighted by Crippen LogP contribution is -2.41. The average Bonchev–Trinajstić information content (AvgIpc) is 3.14. The Morgan fingerprint density at radius 1 is 1.29 bits per heavy atom. The number of anilines is 1. The summed E-state index contributed by atoms with van der Waals surface area (Å²) in [5, 5.41) is 8.71. The number of carbonyl (C=O) groups excluding carboxylic acids is 1. The van der Waals surface area contributed by atoms with Crippen LogP contribution in [0.5, 0.6) is 0 Å². The predicted octanol–water partition coefficient (Wildman–Crippen LogP) is 3.28. The Bertz CT molecular complexity index is 654. The molecule has 0 bridgehead atoms. The molecule has 1 unspecified atom stereocenters. The highest BCUT2D eigenvalue weighted by Gasteiger charge is 2.29. The molecule has 2 aliphatic rings. The van der Waals surface area contributed by atoms with Gasteiger partial charge in [0.1, 0.15) is 6.04 Å². The molecule has 1 aliphatic heterocycles. The number of fused-ring (bicyclic) bond motifs is 2. The first-order valence-corrected chi connectivity index (χ1v) is 8.40. The molecule has 108 valence electrons. The molecule has 0 saturated carbocycles. The third-order valence-electron chi connectivity index (χ3n) is 4.46. The summed E-state index contributed by atoms with van der Waals surface area (Å²) in [5.74, 6) is 0.121. The minimum absolute atomic E-state index is 0.121. The summed E-state index contributed by atoms with van der Waals surface area (Å²) in [6.07, 6.45) is 4.16. The van der Waals surface area contributed by atoms with Crippen molar-refractivity contribution in [1.82, 2.24) is 5.32 Å². The van der Waals surface area contributed by atoms with Gasteiger partial charge in [-0.1, -0.05) is 18.2 Å². The molecular weight excluding hydrogens is 280 g/mol. The van der Waals surface area contributed by atoms with Crippen LogP contribution in [0.3, 0.4) is 0 Å². The number of carbonyl (C=O) groups is 1. The van der Waals surface area contributed by atoms with Crippen LogP contribution in [0.1, 0.15) is 34.9 Å². The van der Waals surface area contributed by atoms with E-state index in [1.54, 1.807) is 0 Å². The summed E-state index contributed by atoms with van der Waals surface area (Å²) in [6.45, 7) is 0. The molecule has 1 amide bonds. The van der Waals surface area contributed by atoms with Crippen LogP contribution in [0.4, 0.5) is 5.69 Å². The summed E-state index contributed by atoms with van der Waals surface area (Å²) in [6, 6.07) is 10.4. The lowest BCUT2D eigenvalue weighted by Gasteiger charge is -2.25. The SMILES string of the molecule is O=C(NC1CCCc2sccc21)[C@@H]1Cc2ccccc2N1. The van der Waals surface area contributed by atoms with Gasteiger partial charge in [0.2, 0.25) is 5.91 Å². The lowest BCUT2D eigenvalue weighted by molar-refractivity contribution is -0.122. The molecular formula is C17H18N2OS. The number of amides is 1. The summed E-state index contributed by atoms with van der Waals surface area (Å²) >= 11 is 1.81. The monoisotopic (exact) mass is 298 g/mol. The number of hydrogen-bond acceptors (Lipinski definition) is 3. The number of nitrogens with one attached hydrogen (secondary N) is 2. The van der Waals surface area contributed by atoms with Crippen molar-refractivity contribution >= 4 is 22.9 Å². The fourth-order valence-corrected chi connectivity index (χ4v) is 4.35. The molecule has 1 aliphatic carbocycles. The van der Waals surface area contributed by atoms with Gasteiger partial charge in [-0.3, -0.25) is 4.79 Å². The molecule has 1 aromatic heterocycles. The van der Waals surface area contributed by atoms with Gasteiger partial charge in [0.25, 0.3) is 0 Å². The maximum Gasteiger partial charge on any atom is 0.243 e. The average molecular weight is 298 g/mol. The highest BCUT2D eigenvalue weighted by Crippen LogP contribution is 2.33. The van der Waals surface area contributed by atoms with E-state index in [0.29, 0.717) is 0 Å². The van der Waals surface area contributed by atoms with Crippen molar-refractivity contribution in [2.24, 2.45) is 0 Å². The molecule has 2 aromatic rings. The molecule has 21 heavy (non-hydrogen) atoms. The number of rotatable bonds is 2. The van der Waals surface area contributed by atoms with Gasteiger partial charge in [0.15, 0.2) is 0 Å². The fourth-order valence-electron chi connectivity index (χ4n) is 3.36. The summed E-state index contributed by atoms with van der Waals surface area (Å²) in [4.78, 5) is 14.0. The van der Waals surface area contributed by atoms with Crippen LogP contribution in [0.2, 0.25) is 0 Å². The maximum atomic E-state index is 12.5. The topological polar surface area (TPSA) is 41.1 Å². The van der Waals surface area contributed by atoms with Crippen molar-refractivity contribution in [1.29, 1.82) is 0 Å². The largest absolute Gasteiger partial charge is 0.373 e. The smallest absolute Gasteiger partial charge is 0.243 e. The van der Waals surface area contributed by atoms with E-state index in [-0.39, 0.29) is 18.0 Å². The third-order valence-corrected chi connectivity index (χ3v) is 5.45. The van der Waals surface area contributed by atoms with Gasteiger partial charge >= 0.3 is 0 Å². The molecule has 0 radical (unpaired) electrons. The van der Waals surface area contributed by atoms with Crippen molar-refractivity contribution in [2.45, 2.75) is 37.8 Å². The Balaban J connectivity index is 1.47. The molecule has 3 nitrogen and oxygen atoms in total. The second kappa shape index (κ2) is 5.19. The summed E-state index contributed by atoms with van der Waals surface area (Å²) in [5.41, 5.74) is 3.66. The summed E-state index contributed by atoms with van der Waals surface area (Å²) < 4.78 is 0. The van der Waals surface area contributed by atoms with Crippen LogP contribution < -0.4 is 10.6 Å². The Labute approximate surface area is 128 Å². The van der Waals surface area contributed by atoms with E-state index >= 15 is 0 Å². The number of thiophene rings is 1. The molecule has 2 N–H and O–H groups in total. The van der Waals surface area contributed by atoms with Crippen molar-refractivity contribution in [3.63, 3.8) is 0 Å². The molecule has 0 spiro atoms. The molecule has 1 aromatic carbocycles. The normalized spacial score (nSPS) is 23.0. The van der Waals surface area contributed by atoms with Crippen molar-refractivity contribution in [2.75, 3.05) is 5.32 Å². The van der Waals surface area contributed by atoms with Crippen molar-refractivity contribution < 1.29 is 4.79 Å². The van der Waals surface area contributed by atoms with E-state index in [2.05, 4.69) is 28.1 Å². The summed E-state index contributed by atoms with van der Waals surface area (Å²) in [7, 11) is 0. The fraction of sp³-hybridized carbons (Fsp3) is 0.353. The predicted molar refractivity (Wildman–Crippen MR) is 85.7 cm³/mol. The van der Waals surface area contributed by atoms with Gasteiger partial charge in [-0.25, -0.2) is 0 Å². The zero-order valence-corrected chi connectivity index (χ0v) is 12.6. The Morgan fingerprint density at radius 2 is 2.19 bits per heavy atom. The lowest BCUT2D eigenvalue weighted by atomic mass is 9.93. The van der Waals surface area contributed by atoms with Gasteiger partial charge in [-0.2, -0.15) is 0 Å². The van der Waals surface area contributed by atoms with Gasteiger partial charge in [0, 0.05) is 17.0 Å². The Morgan fingerprint density at radius 3 is 3.10 bits per heavy atom. The Kier molecular flexibility index (Phi) is 3.19. The Hall–Kier alpha value is -1.81. The van der Waals surface area contributed by atoms with Gasteiger partial charge < -0.3 is 10.6 Å². The second-order valence-corrected chi connectivity index (χ2v) is 6.81. The van der Waals surface area contributed by atoms with Crippen LogP contribution in [-0.2, 0) is 17.6 Å². The first-order valence-electron chi connectivity index (χ1n) is 7.52. The first-order chi connectivity index (χ1) is 10.3. The minimum Gasteiger partial charge on any atom is -0.373 e.